The molecule has 7 heteroatoms. The topological polar surface area (TPSA) is 60.3 Å². The quantitative estimate of drug-likeness (QED) is 0.758. The van der Waals surface area contributed by atoms with E-state index in [1.165, 1.54) is 35.1 Å². The maximum Gasteiger partial charge on any atom is 0.247 e. The molecule has 0 radical (unpaired) electrons. The van der Waals surface area contributed by atoms with Crippen LogP contribution in [0.5, 0.6) is 11.5 Å². The van der Waals surface area contributed by atoms with Crippen molar-refractivity contribution in [2.75, 3.05) is 46.9 Å². The zero-order valence-corrected chi connectivity index (χ0v) is 15.6. The van der Waals surface area contributed by atoms with Gasteiger partial charge in [0.2, 0.25) is 10.0 Å². The van der Waals surface area contributed by atoms with Crippen LogP contribution in [0, 0.1) is 0 Å². The van der Waals surface area contributed by atoms with Gasteiger partial charge in [-0.25, -0.2) is 8.42 Å². The maximum absolute atomic E-state index is 13.0. The first-order valence-corrected chi connectivity index (χ1v) is 9.51. The van der Waals surface area contributed by atoms with Crippen molar-refractivity contribution in [2.45, 2.75) is 18.7 Å². The molecule has 24 heavy (non-hydrogen) atoms. The lowest BCUT2D eigenvalue weighted by Gasteiger charge is -2.31. The smallest absolute Gasteiger partial charge is 0.247 e. The Balaban J connectivity index is 2.16. The number of sulfonamides is 1. The second-order valence-electron chi connectivity index (χ2n) is 6.16. The zero-order chi connectivity index (χ0) is 17.7. The van der Waals surface area contributed by atoms with E-state index in [4.69, 9.17) is 9.47 Å². The second-order valence-corrected chi connectivity index (χ2v) is 8.06. The van der Waals surface area contributed by atoms with Crippen LogP contribution in [-0.2, 0) is 10.0 Å². The Morgan fingerprint density at radius 3 is 2.42 bits per heavy atom. The van der Waals surface area contributed by atoms with Crippen molar-refractivity contribution in [2.24, 2.45) is 0 Å². The van der Waals surface area contributed by atoms with E-state index in [0.717, 1.165) is 19.6 Å². The second kappa shape index (κ2) is 8.00. The largest absolute Gasteiger partial charge is 0.497 e. The van der Waals surface area contributed by atoms with Crippen molar-refractivity contribution in [3.05, 3.63) is 29.8 Å². The number of hydrogen-bond acceptors (Lipinski definition) is 4. The number of ether oxygens (including phenoxy) is 2. The minimum atomic E-state index is -3.59. The molecule has 0 unspecified atom stereocenters. The van der Waals surface area contributed by atoms with Gasteiger partial charge in [-0.1, -0.05) is 5.57 Å². The van der Waals surface area contributed by atoms with Gasteiger partial charge < -0.3 is 14.4 Å². The number of nitrogens with zero attached hydrogens (tertiary/aromatic N) is 1. The molecule has 6 nitrogen and oxygen atoms in total. The third-order valence-corrected chi connectivity index (χ3v) is 6.14. The van der Waals surface area contributed by atoms with Gasteiger partial charge in [0.25, 0.3) is 0 Å². The average Bonchev–Trinajstić information content (AvgIpc) is 2.59. The fourth-order valence-electron chi connectivity index (χ4n) is 2.72. The molecule has 1 aliphatic rings. The standard InChI is InChI=1S/C17H26N2O4S/c1-14(2)7-8-18-9-11-19(12-10-18)24(20,21)17-13-15(22-3)5-6-16(17)23-4/h5-7,13H,8-12H2,1-4H3/p+1. The normalized spacial score (nSPS) is 16.7. The van der Waals surface area contributed by atoms with Gasteiger partial charge in [-0.3, -0.25) is 0 Å². The highest BCUT2D eigenvalue weighted by atomic mass is 32.2. The lowest BCUT2D eigenvalue weighted by atomic mass is 10.3. The Kier molecular flexibility index (Phi) is 6.26. The third kappa shape index (κ3) is 4.28. The minimum Gasteiger partial charge on any atom is -0.497 e. The zero-order valence-electron chi connectivity index (χ0n) is 14.8. The van der Waals surface area contributed by atoms with E-state index in [0.29, 0.717) is 24.6 Å². The van der Waals surface area contributed by atoms with Gasteiger partial charge in [0.15, 0.2) is 0 Å². The number of benzene rings is 1. The molecule has 0 amide bonds. The van der Waals surface area contributed by atoms with Gasteiger partial charge >= 0.3 is 0 Å². The Labute approximate surface area is 144 Å². The lowest BCUT2D eigenvalue weighted by molar-refractivity contribution is -0.897. The first kappa shape index (κ1) is 18.8. The van der Waals surface area contributed by atoms with E-state index in [1.54, 1.807) is 12.1 Å². The molecule has 0 saturated carbocycles. The Hall–Kier alpha value is -1.57. The van der Waals surface area contributed by atoms with Crippen LogP contribution in [0.4, 0.5) is 0 Å². The van der Waals surface area contributed by atoms with Gasteiger partial charge in [-0.2, -0.15) is 4.31 Å². The van der Waals surface area contributed by atoms with Gasteiger partial charge in [-0.05, 0) is 32.1 Å². The summed E-state index contributed by atoms with van der Waals surface area (Å²) in [5.41, 5.74) is 1.29. The van der Waals surface area contributed by atoms with E-state index in [1.807, 2.05) is 0 Å². The third-order valence-electron chi connectivity index (χ3n) is 4.22. The first-order chi connectivity index (χ1) is 11.4. The van der Waals surface area contributed by atoms with Crippen molar-refractivity contribution in [1.82, 2.24) is 4.31 Å². The molecule has 134 valence electrons. The number of allylic oxidation sites excluding steroid dienone is 1. The number of methoxy groups -OCH3 is 2. The summed E-state index contributed by atoms with van der Waals surface area (Å²) in [6.07, 6.45) is 2.20. The number of hydrogen-bond donors (Lipinski definition) is 1. The summed E-state index contributed by atoms with van der Waals surface area (Å²) in [6.45, 7) is 7.72. The highest BCUT2D eigenvalue weighted by Gasteiger charge is 2.32. The Morgan fingerprint density at radius 2 is 1.88 bits per heavy atom. The van der Waals surface area contributed by atoms with Crippen LogP contribution < -0.4 is 14.4 Å². The van der Waals surface area contributed by atoms with Crippen molar-refractivity contribution < 1.29 is 22.8 Å². The van der Waals surface area contributed by atoms with Gasteiger partial charge in [-0.15, -0.1) is 0 Å². The minimum absolute atomic E-state index is 0.164. The van der Waals surface area contributed by atoms with Crippen LogP contribution in [0.2, 0.25) is 0 Å². The Bertz CT molecular complexity index is 689. The summed E-state index contributed by atoms with van der Waals surface area (Å²) in [6, 6.07) is 4.85. The molecule has 1 aromatic carbocycles. The van der Waals surface area contributed by atoms with E-state index < -0.39 is 10.0 Å². The summed E-state index contributed by atoms with van der Waals surface area (Å²) in [7, 11) is -0.601. The number of nitrogens with one attached hydrogen (secondary N) is 1. The van der Waals surface area contributed by atoms with Crippen LogP contribution in [0.25, 0.3) is 0 Å². The Morgan fingerprint density at radius 1 is 1.21 bits per heavy atom. The summed E-state index contributed by atoms with van der Waals surface area (Å²) in [5.74, 6) is 0.845. The molecular formula is C17H27N2O4S+. The highest BCUT2D eigenvalue weighted by Crippen LogP contribution is 2.30. The fourth-order valence-corrected chi connectivity index (χ4v) is 4.33. The molecule has 1 fully saturated rings. The van der Waals surface area contributed by atoms with Crippen LogP contribution in [0.15, 0.2) is 34.7 Å². The monoisotopic (exact) mass is 355 g/mol. The summed E-state index contributed by atoms with van der Waals surface area (Å²) in [4.78, 5) is 1.57. The summed E-state index contributed by atoms with van der Waals surface area (Å²) < 4.78 is 37.9. The van der Waals surface area contributed by atoms with E-state index in [9.17, 15) is 8.42 Å². The van der Waals surface area contributed by atoms with Crippen LogP contribution >= 0.6 is 0 Å². The maximum atomic E-state index is 13.0. The molecular weight excluding hydrogens is 328 g/mol. The average molecular weight is 355 g/mol. The van der Waals surface area contributed by atoms with Crippen molar-refractivity contribution >= 4 is 10.0 Å². The number of quaternary nitrogens is 1. The van der Waals surface area contributed by atoms with Gasteiger partial charge in [0.1, 0.15) is 16.4 Å². The predicted molar refractivity (Wildman–Crippen MR) is 93.3 cm³/mol. The molecule has 0 aliphatic carbocycles. The van der Waals surface area contributed by atoms with Crippen molar-refractivity contribution in [3.8, 4) is 11.5 Å². The molecule has 0 bridgehead atoms. The SMILES string of the molecule is COc1ccc(OC)c(S(=O)(=O)N2CC[NH+](CC=C(C)C)CC2)c1. The van der Waals surface area contributed by atoms with Crippen LogP contribution in [0.1, 0.15) is 13.8 Å². The molecule has 0 aromatic heterocycles. The summed E-state index contributed by atoms with van der Waals surface area (Å²) in [5, 5.41) is 0. The molecule has 1 N–H and O–H groups in total. The lowest BCUT2D eigenvalue weighted by Crippen LogP contribution is -3.14. The van der Waals surface area contributed by atoms with Crippen molar-refractivity contribution in [1.29, 1.82) is 0 Å². The van der Waals surface area contributed by atoms with Gasteiger partial charge in [0.05, 0.1) is 46.9 Å². The van der Waals surface area contributed by atoms with Crippen LogP contribution in [0.3, 0.4) is 0 Å². The molecule has 0 spiro atoms. The van der Waals surface area contributed by atoms with E-state index in [-0.39, 0.29) is 4.90 Å². The molecule has 1 aliphatic heterocycles. The van der Waals surface area contributed by atoms with Crippen LogP contribution in [-0.4, -0.2) is 59.7 Å². The molecule has 0 atom stereocenters. The number of piperazine rings is 1. The van der Waals surface area contributed by atoms with Crippen molar-refractivity contribution in [3.63, 3.8) is 0 Å². The number of rotatable bonds is 6. The van der Waals surface area contributed by atoms with E-state index in [2.05, 4.69) is 19.9 Å². The summed E-state index contributed by atoms with van der Waals surface area (Å²) >= 11 is 0. The highest BCUT2D eigenvalue weighted by molar-refractivity contribution is 7.89. The van der Waals surface area contributed by atoms with Gasteiger partial charge in [0, 0.05) is 6.07 Å². The predicted octanol–water partition coefficient (Wildman–Crippen LogP) is 0.559. The first-order valence-electron chi connectivity index (χ1n) is 8.07. The molecule has 2 rings (SSSR count). The fraction of sp³-hybridized carbons (Fsp3) is 0.529. The molecule has 1 aromatic rings. The van der Waals surface area contributed by atoms with E-state index >= 15 is 0 Å². The molecule has 1 saturated heterocycles. The molecule has 1 heterocycles.